The molecule has 3 rings (SSSR count). The molecule has 2 unspecified atom stereocenters. The minimum absolute atomic E-state index is 0.529. The van der Waals surface area contributed by atoms with Crippen molar-refractivity contribution in [1.29, 1.82) is 0 Å². The standard InChI is InChI=1S/C17H22ClNO/c1-2-9-19-14-7-3-5-12(10-14)16-11-13-6-4-8-15(18)17(13)20-16/h4,6,8,11-12,14,19H,2-3,5,7,9-10H2,1H3. The van der Waals surface area contributed by atoms with E-state index in [9.17, 15) is 0 Å². The van der Waals surface area contributed by atoms with E-state index in [0.717, 1.165) is 23.3 Å². The van der Waals surface area contributed by atoms with Crippen LogP contribution in [0, 0.1) is 0 Å². The maximum Gasteiger partial charge on any atom is 0.152 e. The number of fused-ring (bicyclic) bond motifs is 1. The van der Waals surface area contributed by atoms with Gasteiger partial charge in [-0.2, -0.15) is 0 Å². The Balaban J connectivity index is 1.78. The lowest BCUT2D eigenvalue weighted by Gasteiger charge is -2.28. The summed E-state index contributed by atoms with van der Waals surface area (Å²) in [7, 11) is 0. The van der Waals surface area contributed by atoms with Crippen LogP contribution in [0.4, 0.5) is 0 Å². The zero-order valence-electron chi connectivity index (χ0n) is 12.0. The van der Waals surface area contributed by atoms with Crippen LogP contribution in [0.1, 0.15) is 50.7 Å². The normalized spacial score (nSPS) is 23.3. The van der Waals surface area contributed by atoms with E-state index in [2.05, 4.69) is 24.4 Å². The molecule has 0 spiro atoms. The molecule has 1 heterocycles. The molecule has 0 amide bonds. The van der Waals surface area contributed by atoms with Gasteiger partial charge in [0.25, 0.3) is 0 Å². The van der Waals surface area contributed by atoms with Crippen molar-refractivity contribution < 1.29 is 4.42 Å². The van der Waals surface area contributed by atoms with Gasteiger partial charge in [-0.3, -0.25) is 0 Å². The Morgan fingerprint density at radius 3 is 3.05 bits per heavy atom. The molecule has 108 valence electrons. The Morgan fingerprint density at radius 1 is 1.35 bits per heavy atom. The number of hydrogen-bond acceptors (Lipinski definition) is 2. The second-order valence-corrected chi connectivity index (χ2v) is 6.23. The molecule has 3 heteroatoms. The highest BCUT2D eigenvalue weighted by atomic mass is 35.5. The van der Waals surface area contributed by atoms with Crippen LogP contribution < -0.4 is 5.32 Å². The highest BCUT2D eigenvalue weighted by Gasteiger charge is 2.25. The van der Waals surface area contributed by atoms with Crippen LogP contribution >= 0.6 is 11.6 Å². The Kier molecular flexibility index (Phi) is 4.32. The van der Waals surface area contributed by atoms with Crippen LogP contribution in [0.15, 0.2) is 28.7 Å². The first-order chi connectivity index (χ1) is 9.78. The van der Waals surface area contributed by atoms with Crippen molar-refractivity contribution in [2.24, 2.45) is 0 Å². The van der Waals surface area contributed by atoms with E-state index in [4.69, 9.17) is 16.0 Å². The summed E-state index contributed by atoms with van der Waals surface area (Å²) in [4.78, 5) is 0. The summed E-state index contributed by atoms with van der Waals surface area (Å²) >= 11 is 6.20. The summed E-state index contributed by atoms with van der Waals surface area (Å²) < 4.78 is 6.03. The Hall–Kier alpha value is -0.990. The molecule has 0 bridgehead atoms. The largest absolute Gasteiger partial charge is 0.459 e. The second-order valence-electron chi connectivity index (χ2n) is 5.82. The quantitative estimate of drug-likeness (QED) is 0.846. The molecular formula is C17H22ClNO. The highest BCUT2D eigenvalue weighted by molar-refractivity contribution is 6.34. The van der Waals surface area contributed by atoms with Gasteiger partial charge in [-0.05, 0) is 44.4 Å². The van der Waals surface area contributed by atoms with Gasteiger partial charge in [-0.1, -0.05) is 37.1 Å². The van der Waals surface area contributed by atoms with E-state index in [0.29, 0.717) is 17.0 Å². The third-order valence-electron chi connectivity index (χ3n) is 4.27. The van der Waals surface area contributed by atoms with Crippen LogP contribution in [-0.4, -0.2) is 12.6 Å². The third-order valence-corrected chi connectivity index (χ3v) is 4.57. The lowest BCUT2D eigenvalue weighted by atomic mass is 9.84. The number of hydrogen-bond donors (Lipinski definition) is 1. The van der Waals surface area contributed by atoms with Gasteiger partial charge in [-0.25, -0.2) is 0 Å². The van der Waals surface area contributed by atoms with Gasteiger partial charge in [0.1, 0.15) is 5.76 Å². The summed E-state index contributed by atoms with van der Waals surface area (Å²) in [5.41, 5.74) is 0.841. The molecule has 1 aromatic carbocycles. The van der Waals surface area contributed by atoms with Crippen LogP contribution in [0.5, 0.6) is 0 Å². The van der Waals surface area contributed by atoms with Gasteiger partial charge in [0.15, 0.2) is 5.58 Å². The SMILES string of the molecule is CCCNC1CCCC(c2cc3cccc(Cl)c3o2)C1. The van der Waals surface area contributed by atoms with E-state index in [1.165, 1.54) is 32.1 Å². The smallest absolute Gasteiger partial charge is 0.152 e. The fourth-order valence-electron chi connectivity index (χ4n) is 3.23. The van der Waals surface area contributed by atoms with Crippen LogP contribution in [-0.2, 0) is 0 Å². The molecular weight excluding hydrogens is 270 g/mol. The number of furan rings is 1. The van der Waals surface area contributed by atoms with E-state index in [-0.39, 0.29) is 0 Å². The van der Waals surface area contributed by atoms with E-state index in [1.54, 1.807) is 0 Å². The monoisotopic (exact) mass is 291 g/mol. The predicted molar refractivity (Wildman–Crippen MR) is 84.5 cm³/mol. The molecule has 1 N–H and O–H groups in total. The zero-order valence-corrected chi connectivity index (χ0v) is 12.7. The molecule has 0 saturated heterocycles. The topological polar surface area (TPSA) is 25.2 Å². The summed E-state index contributed by atoms with van der Waals surface area (Å²) in [6, 6.07) is 8.76. The molecule has 1 fully saturated rings. The number of nitrogens with one attached hydrogen (secondary N) is 1. The molecule has 2 aromatic rings. The fraction of sp³-hybridized carbons (Fsp3) is 0.529. The number of halogens is 1. The van der Waals surface area contributed by atoms with Crippen molar-refractivity contribution in [2.45, 2.75) is 51.0 Å². The Bertz CT molecular complexity index is 577. The van der Waals surface area contributed by atoms with Gasteiger partial charge in [-0.15, -0.1) is 0 Å². The van der Waals surface area contributed by atoms with E-state index in [1.807, 2.05) is 12.1 Å². The minimum atomic E-state index is 0.529. The van der Waals surface area contributed by atoms with E-state index < -0.39 is 0 Å². The average molecular weight is 292 g/mol. The van der Waals surface area contributed by atoms with Crippen molar-refractivity contribution in [2.75, 3.05) is 6.54 Å². The molecule has 1 aromatic heterocycles. The number of rotatable bonds is 4. The molecule has 20 heavy (non-hydrogen) atoms. The van der Waals surface area contributed by atoms with Crippen LogP contribution in [0.25, 0.3) is 11.0 Å². The van der Waals surface area contributed by atoms with Crippen molar-refractivity contribution in [1.82, 2.24) is 5.32 Å². The molecule has 0 aliphatic heterocycles. The molecule has 1 aliphatic rings. The van der Waals surface area contributed by atoms with Gasteiger partial charge < -0.3 is 9.73 Å². The Labute approximate surface area is 125 Å². The maximum absolute atomic E-state index is 6.20. The summed E-state index contributed by atoms with van der Waals surface area (Å²) in [6.45, 7) is 3.33. The number of benzene rings is 1. The van der Waals surface area contributed by atoms with Gasteiger partial charge in [0.05, 0.1) is 5.02 Å². The molecule has 1 saturated carbocycles. The van der Waals surface area contributed by atoms with Gasteiger partial charge in [0, 0.05) is 17.3 Å². The summed E-state index contributed by atoms with van der Waals surface area (Å²) in [5, 5.41) is 5.48. The summed E-state index contributed by atoms with van der Waals surface area (Å²) in [6.07, 6.45) is 6.16. The first-order valence-electron chi connectivity index (χ1n) is 7.69. The molecule has 0 radical (unpaired) electrons. The lowest BCUT2D eigenvalue weighted by Crippen LogP contribution is -2.33. The Morgan fingerprint density at radius 2 is 2.25 bits per heavy atom. The maximum atomic E-state index is 6.20. The lowest BCUT2D eigenvalue weighted by molar-refractivity contribution is 0.314. The minimum Gasteiger partial charge on any atom is -0.459 e. The molecule has 2 nitrogen and oxygen atoms in total. The molecule has 2 atom stereocenters. The first-order valence-corrected chi connectivity index (χ1v) is 8.07. The predicted octanol–water partition coefficient (Wildman–Crippen LogP) is 5.11. The van der Waals surface area contributed by atoms with Crippen molar-refractivity contribution >= 4 is 22.6 Å². The van der Waals surface area contributed by atoms with Gasteiger partial charge in [0.2, 0.25) is 0 Å². The zero-order chi connectivity index (χ0) is 13.9. The van der Waals surface area contributed by atoms with Crippen molar-refractivity contribution in [3.8, 4) is 0 Å². The second kappa shape index (κ2) is 6.19. The van der Waals surface area contributed by atoms with Crippen molar-refractivity contribution in [3.05, 3.63) is 35.0 Å². The van der Waals surface area contributed by atoms with Crippen LogP contribution in [0.2, 0.25) is 5.02 Å². The number of para-hydroxylation sites is 1. The highest BCUT2D eigenvalue weighted by Crippen LogP contribution is 2.37. The van der Waals surface area contributed by atoms with Crippen molar-refractivity contribution in [3.63, 3.8) is 0 Å². The molecule has 1 aliphatic carbocycles. The fourth-order valence-corrected chi connectivity index (χ4v) is 3.45. The first kappa shape index (κ1) is 14.0. The third kappa shape index (κ3) is 2.87. The summed E-state index contributed by atoms with van der Waals surface area (Å²) in [5.74, 6) is 1.64. The van der Waals surface area contributed by atoms with Crippen LogP contribution in [0.3, 0.4) is 0 Å². The van der Waals surface area contributed by atoms with Gasteiger partial charge >= 0.3 is 0 Å². The van der Waals surface area contributed by atoms with E-state index >= 15 is 0 Å². The average Bonchev–Trinajstić information content (AvgIpc) is 2.91.